The lowest BCUT2D eigenvalue weighted by atomic mass is 10.3. The highest BCUT2D eigenvalue weighted by atomic mass is 32.1. The zero-order valence-electron chi connectivity index (χ0n) is 10.7. The van der Waals surface area contributed by atoms with Gasteiger partial charge in [-0.2, -0.15) is 0 Å². The molecule has 0 radical (unpaired) electrons. The second kappa shape index (κ2) is 5.71. The van der Waals surface area contributed by atoms with Gasteiger partial charge in [-0.15, -0.1) is 11.3 Å². The molecule has 0 saturated carbocycles. The molecule has 3 N–H and O–H groups in total. The summed E-state index contributed by atoms with van der Waals surface area (Å²) in [4.78, 5) is 16.1. The summed E-state index contributed by atoms with van der Waals surface area (Å²) in [6, 6.07) is 6.84. The van der Waals surface area contributed by atoms with Crippen LogP contribution < -0.4 is 10.6 Å². The maximum absolute atomic E-state index is 12.0. The highest BCUT2D eigenvalue weighted by Gasteiger charge is 2.12. The van der Waals surface area contributed by atoms with Crippen LogP contribution in [0.25, 0.3) is 0 Å². The molecule has 0 aliphatic carbocycles. The molecule has 0 aliphatic heterocycles. The van der Waals surface area contributed by atoms with Crippen LogP contribution >= 0.6 is 11.3 Å². The fraction of sp³-hybridized carbons (Fsp3) is 0.231. The van der Waals surface area contributed by atoms with Crippen LogP contribution in [-0.2, 0) is 0 Å². The lowest BCUT2D eigenvalue weighted by molar-refractivity contribution is 0.102. The number of carbonyl (C=O) groups is 1. The molecule has 2 aromatic rings. The van der Waals surface area contributed by atoms with Crippen LogP contribution in [0.1, 0.15) is 24.3 Å². The number of carbonyl (C=O) groups excluding carboxylic acids is 1. The van der Waals surface area contributed by atoms with E-state index in [1.54, 1.807) is 23.6 Å². The predicted molar refractivity (Wildman–Crippen MR) is 76.9 cm³/mol. The SMILES string of the molecule is CC(C)Nc1nc(C(=O)Nc2ccccc2O)cs1. The van der Waals surface area contributed by atoms with Gasteiger partial charge in [-0.3, -0.25) is 4.79 Å². The third-order valence-corrected chi connectivity index (χ3v) is 3.07. The van der Waals surface area contributed by atoms with E-state index in [4.69, 9.17) is 0 Å². The van der Waals surface area contributed by atoms with E-state index in [-0.39, 0.29) is 17.7 Å². The van der Waals surface area contributed by atoms with Crippen molar-refractivity contribution >= 4 is 28.1 Å². The smallest absolute Gasteiger partial charge is 0.275 e. The monoisotopic (exact) mass is 277 g/mol. The number of anilines is 2. The van der Waals surface area contributed by atoms with Crippen molar-refractivity contribution in [1.29, 1.82) is 0 Å². The van der Waals surface area contributed by atoms with Gasteiger partial charge in [0.15, 0.2) is 5.13 Å². The summed E-state index contributed by atoms with van der Waals surface area (Å²) in [6.07, 6.45) is 0. The predicted octanol–water partition coefficient (Wildman–Crippen LogP) is 2.92. The highest BCUT2D eigenvalue weighted by Crippen LogP contribution is 2.23. The van der Waals surface area contributed by atoms with Gasteiger partial charge >= 0.3 is 0 Å². The summed E-state index contributed by atoms with van der Waals surface area (Å²) in [5.41, 5.74) is 0.704. The van der Waals surface area contributed by atoms with Crippen molar-refractivity contribution in [2.45, 2.75) is 19.9 Å². The lowest BCUT2D eigenvalue weighted by Gasteiger charge is -2.05. The second-order valence-corrected chi connectivity index (χ2v) is 5.17. The molecule has 19 heavy (non-hydrogen) atoms. The number of phenols is 1. The molecule has 1 amide bonds. The van der Waals surface area contributed by atoms with Crippen LogP contribution in [-0.4, -0.2) is 22.0 Å². The topological polar surface area (TPSA) is 74.2 Å². The number of amides is 1. The molecule has 0 spiro atoms. The molecule has 0 unspecified atom stereocenters. The van der Waals surface area contributed by atoms with Gasteiger partial charge in [0, 0.05) is 11.4 Å². The van der Waals surface area contributed by atoms with E-state index in [0.29, 0.717) is 16.5 Å². The molecule has 5 nitrogen and oxygen atoms in total. The Bertz CT molecular complexity index is 581. The molecule has 100 valence electrons. The number of rotatable bonds is 4. The van der Waals surface area contributed by atoms with Gasteiger partial charge in [-0.25, -0.2) is 4.98 Å². The first-order chi connectivity index (χ1) is 9.06. The molecule has 0 aliphatic rings. The van der Waals surface area contributed by atoms with Crippen molar-refractivity contribution in [2.75, 3.05) is 10.6 Å². The van der Waals surface area contributed by atoms with Gasteiger partial charge < -0.3 is 15.7 Å². The van der Waals surface area contributed by atoms with Crippen LogP contribution in [0.2, 0.25) is 0 Å². The third-order valence-electron chi connectivity index (χ3n) is 2.30. The number of para-hydroxylation sites is 2. The number of nitrogens with one attached hydrogen (secondary N) is 2. The van der Waals surface area contributed by atoms with E-state index < -0.39 is 0 Å². The zero-order valence-corrected chi connectivity index (χ0v) is 11.5. The first-order valence-corrected chi connectivity index (χ1v) is 6.75. The Morgan fingerprint density at radius 1 is 1.37 bits per heavy atom. The van der Waals surface area contributed by atoms with Gasteiger partial charge in [0.05, 0.1) is 5.69 Å². The first-order valence-electron chi connectivity index (χ1n) is 5.87. The van der Waals surface area contributed by atoms with Crippen molar-refractivity contribution in [2.24, 2.45) is 0 Å². The highest BCUT2D eigenvalue weighted by molar-refractivity contribution is 7.13. The lowest BCUT2D eigenvalue weighted by Crippen LogP contribution is -2.13. The molecule has 1 aromatic heterocycles. The van der Waals surface area contributed by atoms with Crippen molar-refractivity contribution in [3.05, 3.63) is 35.3 Å². The molecular weight excluding hydrogens is 262 g/mol. The summed E-state index contributed by atoms with van der Waals surface area (Å²) in [7, 11) is 0. The molecule has 1 aromatic carbocycles. The first kappa shape index (κ1) is 13.4. The number of aromatic hydroxyl groups is 1. The Morgan fingerprint density at radius 2 is 2.11 bits per heavy atom. The number of phenolic OH excluding ortho intramolecular Hbond substituents is 1. The molecule has 0 atom stereocenters. The summed E-state index contributed by atoms with van der Waals surface area (Å²) in [5, 5.41) is 17.7. The van der Waals surface area contributed by atoms with E-state index in [2.05, 4.69) is 15.6 Å². The number of nitrogens with zero attached hydrogens (tertiary/aromatic N) is 1. The van der Waals surface area contributed by atoms with Crippen LogP contribution in [0.5, 0.6) is 5.75 Å². The molecule has 0 fully saturated rings. The second-order valence-electron chi connectivity index (χ2n) is 4.31. The molecule has 1 heterocycles. The maximum Gasteiger partial charge on any atom is 0.275 e. The van der Waals surface area contributed by atoms with Crippen LogP contribution in [0.4, 0.5) is 10.8 Å². The molecule has 0 saturated heterocycles. The van der Waals surface area contributed by atoms with Gasteiger partial charge in [0.1, 0.15) is 11.4 Å². The van der Waals surface area contributed by atoms with E-state index in [9.17, 15) is 9.90 Å². The fourth-order valence-electron chi connectivity index (χ4n) is 1.46. The van der Waals surface area contributed by atoms with Gasteiger partial charge in [0.25, 0.3) is 5.91 Å². The Hall–Kier alpha value is -2.08. The Balaban J connectivity index is 2.08. The van der Waals surface area contributed by atoms with E-state index in [1.165, 1.54) is 17.4 Å². The van der Waals surface area contributed by atoms with Crippen LogP contribution in [0.15, 0.2) is 29.6 Å². The summed E-state index contributed by atoms with van der Waals surface area (Å²) >= 11 is 1.38. The Morgan fingerprint density at radius 3 is 2.79 bits per heavy atom. The number of hydrogen-bond acceptors (Lipinski definition) is 5. The summed E-state index contributed by atoms with van der Waals surface area (Å²) in [5.74, 6) is -0.304. The number of aromatic nitrogens is 1. The molecule has 0 bridgehead atoms. The third kappa shape index (κ3) is 3.45. The minimum absolute atomic E-state index is 0.0339. The van der Waals surface area contributed by atoms with Crippen LogP contribution in [0.3, 0.4) is 0 Å². The largest absolute Gasteiger partial charge is 0.506 e. The van der Waals surface area contributed by atoms with Crippen LogP contribution in [0, 0.1) is 0 Å². The normalized spacial score (nSPS) is 10.5. The Kier molecular flexibility index (Phi) is 4.01. The van der Waals surface area contributed by atoms with Crippen molar-refractivity contribution in [3.8, 4) is 5.75 Å². The zero-order chi connectivity index (χ0) is 13.8. The number of hydrogen-bond donors (Lipinski definition) is 3. The quantitative estimate of drug-likeness (QED) is 0.751. The van der Waals surface area contributed by atoms with E-state index >= 15 is 0 Å². The minimum Gasteiger partial charge on any atom is -0.506 e. The van der Waals surface area contributed by atoms with E-state index in [0.717, 1.165) is 0 Å². The van der Waals surface area contributed by atoms with Gasteiger partial charge in [-0.1, -0.05) is 12.1 Å². The number of benzene rings is 1. The van der Waals surface area contributed by atoms with Crippen molar-refractivity contribution in [3.63, 3.8) is 0 Å². The molecular formula is C13H15N3O2S. The van der Waals surface area contributed by atoms with Crippen molar-refractivity contribution < 1.29 is 9.90 Å². The maximum atomic E-state index is 12.0. The van der Waals surface area contributed by atoms with Crippen molar-refractivity contribution in [1.82, 2.24) is 4.98 Å². The summed E-state index contributed by atoms with van der Waals surface area (Å²) in [6.45, 7) is 4.01. The average Bonchev–Trinajstić information content (AvgIpc) is 2.79. The average molecular weight is 277 g/mol. The minimum atomic E-state index is -0.338. The molecule has 6 heteroatoms. The summed E-state index contributed by atoms with van der Waals surface area (Å²) < 4.78 is 0. The number of thiazole rings is 1. The Labute approximate surface area is 115 Å². The van der Waals surface area contributed by atoms with Gasteiger partial charge in [-0.05, 0) is 26.0 Å². The van der Waals surface area contributed by atoms with Gasteiger partial charge in [0.2, 0.25) is 0 Å². The standard InChI is InChI=1S/C13H15N3O2S/c1-8(2)14-13-16-10(7-19-13)12(18)15-9-5-3-4-6-11(9)17/h3-8,17H,1-2H3,(H,14,16)(H,15,18). The van der Waals surface area contributed by atoms with E-state index in [1.807, 2.05) is 13.8 Å². The molecule has 2 rings (SSSR count). The fourth-order valence-corrected chi connectivity index (χ4v) is 2.29.